The van der Waals surface area contributed by atoms with Gasteiger partial charge in [0.25, 0.3) is 0 Å². The smallest absolute Gasteiger partial charge is 0.147 e. The average Bonchev–Trinajstić information content (AvgIpc) is 2.61. The standard InChI is InChI=1S/C19H22N4O/c1-14-12-15(2)21-19(18(14)13-20)23-10-8-22(9-11-23)16-4-6-17(24-3)7-5-16/h4-7,12H,8-11H2,1-3H3. The molecule has 1 aliphatic heterocycles. The predicted octanol–water partition coefficient (Wildman–Crippen LogP) is 2.91. The van der Waals surface area contributed by atoms with Crippen LogP contribution in [0.2, 0.25) is 0 Å². The Labute approximate surface area is 143 Å². The Morgan fingerprint density at radius 3 is 2.25 bits per heavy atom. The highest BCUT2D eigenvalue weighted by Gasteiger charge is 2.21. The van der Waals surface area contributed by atoms with Crippen molar-refractivity contribution in [1.82, 2.24) is 4.98 Å². The van der Waals surface area contributed by atoms with E-state index in [4.69, 9.17) is 4.74 Å². The fourth-order valence-electron chi connectivity index (χ4n) is 3.15. The molecule has 0 unspecified atom stereocenters. The fraction of sp³-hybridized carbons (Fsp3) is 0.368. The zero-order chi connectivity index (χ0) is 17.1. The highest BCUT2D eigenvalue weighted by atomic mass is 16.5. The molecule has 124 valence electrons. The molecule has 0 aliphatic carbocycles. The van der Waals surface area contributed by atoms with E-state index >= 15 is 0 Å². The number of nitriles is 1. The van der Waals surface area contributed by atoms with Crippen molar-refractivity contribution < 1.29 is 4.74 Å². The van der Waals surface area contributed by atoms with Gasteiger partial charge in [-0.05, 0) is 49.7 Å². The topological polar surface area (TPSA) is 52.4 Å². The van der Waals surface area contributed by atoms with Crippen LogP contribution in [0.3, 0.4) is 0 Å². The molecule has 2 aromatic rings. The Balaban J connectivity index is 1.74. The maximum Gasteiger partial charge on any atom is 0.147 e. The van der Waals surface area contributed by atoms with Gasteiger partial charge in [0.2, 0.25) is 0 Å². The number of hydrogen-bond acceptors (Lipinski definition) is 5. The largest absolute Gasteiger partial charge is 0.497 e. The number of anilines is 2. The lowest BCUT2D eigenvalue weighted by molar-refractivity contribution is 0.415. The number of methoxy groups -OCH3 is 1. The van der Waals surface area contributed by atoms with E-state index in [0.717, 1.165) is 49.0 Å². The maximum absolute atomic E-state index is 9.46. The Kier molecular flexibility index (Phi) is 4.57. The minimum atomic E-state index is 0.693. The van der Waals surface area contributed by atoms with Crippen LogP contribution in [0, 0.1) is 25.2 Å². The SMILES string of the molecule is COc1ccc(N2CCN(c3nc(C)cc(C)c3C#N)CC2)cc1. The lowest BCUT2D eigenvalue weighted by Gasteiger charge is -2.37. The molecule has 5 nitrogen and oxygen atoms in total. The first-order valence-corrected chi connectivity index (χ1v) is 8.14. The van der Waals surface area contributed by atoms with Gasteiger partial charge in [0, 0.05) is 37.6 Å². The molecule has 5 heteroatoms. The molecule has 1 aromatic heterocycles. The van der Waals surface area contributed by atoms with Gasteiger partial charge in [0.15, 0.2) is 0 Å². The van der Waals surface area contributed by atoms with E-state index in [2.05, 4.69) is 33.0 Å². The van der Waals surface area contributed by atoms with Gasteiger partial charge >= 0.3 is 0 Å². The first-order valence-electron chi connectivity index (χ1n) is 8.14. The number of benzene rings is 1. The first-order chi connectivity index (χ1) is 11.6. The van der Waals surface area contributed by atoms with Crippen LogP contribution in [0.15, 0.2) is 30.3 Å². The maximum atomic E-state index is 9.46. The normalized spacial score (nSPS) is 14.4. The minimum Gasteiger partial charge on any atom is -0.497 e. The second-order valence-corrected chi connectivity index (χ2v) is 6.06. The van der Waals surface area contributed by atoms with Crippen molar-refractivity contribution in [3.05, 3.63) is 47.2 Å². The Hall–Kier alpha value is -2.74. The summed E-state index contributed by atoms with van der Waals surface area (Å²) in [5.41, 5.74) is 3.85. The zero-order valence-electron chi connectivity index (χ0n) is 14.4. The van der Waals surface area contributed by atoms with Crippen molar-refractivity contribution >= 4 is 11.5 Å². The molecule has 2 heterocycles. The summed E-state index contributed by atoms with van der Waals surface area (Å²) in [6.07, 6.45) is 0. The van der Waals surface area contributed by atoms with Gasteiger partial charge < -0.3 is 14.5 Å². The summed E-state index contributed by atoms with van der Waals surface area (Å²) in [7, 11) is 1.68. The summed E-state index contributed by atoms with van der Waals surface area (Å²) >= 11 is 0. The van der Waals surface area contributed by atoms with Crippen LogP contribution in [0.5, 0.6) is 5.75 Å². The van der Waals surface area contributed by atoms with Gasteiger partial charge in [-0.2, -0.15) is 5.26 Å². The third kappa shape index (κ3) is 3.13. The number of aromatic nitrogens is 1. The first kappa shape index (κ1) is 16.1. The quantitative estimate of drug-likeness (QED) is 0.870. The van der Waals surface area contributed by atoms with Gasteiger partial charge in [-0.15, -0.1) is 0 Å². The van der Waals surface area contributed by atoms with Crippen molar-refractivity contribution in [2.45, 2.75) is 13.8 Å². The number of piperazine rings is 1. The predicted molar refractivity (Wildman–Crippen MR) is 95.8 cm³/mol. The Morgan fingerprint density at radius 2 is 1.67 bits per heavy atom. The monoisotopic (exact) mass is 322 g/mol. The van der Waals surface area contributed by atoms with Crippen LogP contribution in [0.1, 0.15) is 16.8 Å². The molecule has 1 aliphatic rings. The molecule has 1 saturated heterocycles. The van der Waals surface area contributed by atoms with E-state index < -0.39 is 0 Å². The molecule has 0 bridgehead atoms. The minimum absolute atomic E-state index is 0.693. The molecule has 24 heavy (non-hydrogen) atoms. The van der Waals surface area contributed by atoms with Crippen LogP contribution in [0.4, 0.5) is 11.5 Å². The van der Waals surface area contributed by atoms with Crippen molar-refractivity contribution in [3.63, 3.8) is 0 Å². The van der Waals surface area contributed by atoms with Gasteiger partial charge in [-0.1, -0.05) is 0 Å². The average molecular weight is 322 g/mol. The lowest BCUT2D eigenvalue weighted by Crippen LogP contribution is -2.47. The molecule has 3 rings (SSSR count). The zero-order valence-corrected chi connectivity index (χ0v) is 14.4. The van der Waals surface area contributed by atoms with Gasteiger partial charge in [-0.25, -0.2) is 4.98 Å². The third-order valence-electron chi connectivity index (χ3n) is 4.45. The number of pyridine rings is 1. The van der Waals surface area contributed by atoms with E-state index in [1.54, 1.807) is 7.11 Å². The molecule has 0 amide bonds. The molecular weight excluding hydrogens is 300 g/mol. The van der Waals surface area contributed by atoms with Crippen molar-refractivity contribution in [1.29, 1.82) is 5.26 Å². The van der Waals surface area contributed by atoms with E-state index in [1.807, 2.05) is 32.0 Å². The molecule has 0 radical (unpaired) electrons. The molecule has 0 saturated carbocycles. The number of rotatable bonds is 3. The summed E-state index contributed by atoms with van der Waals surface area (Å²) in [5, 5.41) is 9.46. The van der Waals surface area contributed by atoms with E-state index in [0.29, 0.717) is 5.56 Å². The van der Waals surface area contributed by atoms with Gasteiger partial charge in [0.05, 0.1) is 12.7 Å². The Morgan fingerprint density at radius 1 is 1.04 bits per heavy atom. The fourth-order valence-corrected chi connectivity index (χ4v) is 3.15. The van der Waals surface area contributed by atoms with Crippen LogP contribution in [0.25, 0.3) is 0 Å². The highest BCUT2D eigenvalue weighted by Crippen LogP contribution is 2.25. The molecule has 1 fully saturated rings. The second kappa shape index (κ2) is 6.79. The third-order valence-corrected chi connectivity index (χ3v) is 4.45. The van der Waals surface area contributed by atoms with Gasteiger partial charge in [-0.3, -0.25) is 0 Å². The van der Waals surface area contributed by atoms with Crippen molar-refractivity contribution in [3.8, 4) is 11.8 Å². The Bertz CT molecular complexity index is 756. The number of ether oxygens (including phenoxy) is 1. The van der Waals surface area contributed by atoms with Crippen LogP contribution >= 0.6 is 0 Å². The molecule has 0 N–H and O–H groups in total. The highest BCUT2D eigenvalue weighted by molar-refractivity contribution is 5.59. The molecule has 0 spiro atoms. The number of nitrogens with zero attached hydrogens (tertiary/aromatic N) is 4. The van der Waals surface area contributed by atoms with E-state index in [-0.39, 0.29) is 0 Å². The summed E-state index contributed by atoms with van der Waals surface area (Å²) in [6.45, 7) is 7.49. The van der Waals surface area contributed by atoms with Crippen LogP contribution < -0.4 is 14.5 Å². The second-order valence-electron chi connectivity index (χ2n) is 6.06. The number of aryl methyl sites for hydroxylation is 2. The summed E-state index contributed by atoms with van der Waals surface area (Å²) in [5.74, 6) is 1.69. The lowest BCUT2D eigenvalue weighted by atomic mass is 10.1. The molecule has 0 atom stereocenters. The van der Waals surface area contributed by atoms with Crippen LogP contribution in [-0.4, -0.2) is 38.3 Å². The molecular formula is C19H22N4O. The van der Waals surface area contributed by atoms with Crippen molar-refractivity contribution in [2.75, 3.05) is 43.1 Å². The van der Waals surface area contributed by atoms with E-state index in [1.165, 1.54) is 5.69 Å². The number of hydrogen-bond donors (Lipinski definition) is 0. The molecule has 1 aromatic carbocycles. The summed E-state index contributed by atoms with van der Waals surface area (Å²) < 4.78 is 5.21. The summed E-state index contributed by atoms with van der Waals surface area (Å²) in [4.78, 5) is 9.19. The van der Waals surface area contributed by atoms with Crippen molar-refractivity contribution in [2.24, 2.45) is 0 Å². The van der Waals surface area contributed by atoms with Crippen LogP contribution in [-0.2, 0) is 0 Å². The summed E-state index contributed by atoms with van der Waals surface area (Å²) in [6, 6.07) is 12.4. The van der Waals surface area contributed by atoms with Gasteiger partial charge in [0.1, 0.15) is 17.6 Å². The van der Waals surface area contributed by atoms with E-state index in [9.17, 15) is 5.26 Å².